The van der Waals surface area contributed by atoms with Crippen LogP contribution in [0.4, 0.5) is 0 Å². The molecule has 2 aromatic heterocycles. The number of fused-ring (bicyclic) bond motifs is 3. The van der Waals surface area contributed by atoms with E-state index in [9.17, 15) is 9.59 Å². The Balaban J connectivity index is 1.96. The molecule has 0 aliphatic heterocycles. The predicted octanol–water partition coefficient (Wildman–Crippen LogP) is 2.00. The van der Waals surface area contributed by atoms with E-state index < -0.39 is 11.2 Å². The third-order valence-corrected chi connectivity index (χ3v) is 3.85. The molecule has 124 valence electrons. The van der Waals surface area contributed by atoms with Gasteiger partial charge in [-0.05, 0) is 43.3 Å². The molecule has 0 radical (unpaired) electrons. The molecule has 1 N–H and O–H groups in total. The normalized spacial score (nSPS) is 11.1. The van der Waals surface area contributed by atoms with Gasteiger partial charge in [-0.1, -0.05) is 12.1 Å². The summed E-state index contributed by atoms with van der Waals surface area (Å²) in [4.78, 5) is 31.6. The summed E-state index contributed by atoms with van der Waals surface area (Å²) in [5.74, 6) is 0.698. The molecule has 7 nitrogen and oxygen atoms in total. The minimum absolute atomic E-state index is 0.112. The molecule has 0 saturated carbocycles. The van der Waals surface area contributed by atoms with Crippen LogP contribution in [0.2, 0.25) is 0 Å². The molecule has 0 amide bonds. The highest BCUT2D eigenvalue weighted by molar-refractivity contribution is 5.90. The van der Waals surface area contributed by atoms with Gasteiger partial charge < -0.3 is 9.72 Å². The Morgan fingerprint density at radius 3 is 2.60 bits per heavy atom. The molecule has 4 aromatic rings. The van der Waals surface area contributed by atoms with Gasteiger partial charge in [0.15, 0.2) is 11.3 Å². The highest BCUT2D eigenvalue weighted by atomic mass is 16.5. The van der Waals surface area contributed by atoms with Crippen molar-refractivity contribution in [2.75, 3.05) is 6.61 Å². The molecule has 0 unspecified atom stereocenters. The molecular weight excluding hydrogens is 320 g/mol. The second-order valence-electron chi connectivity index (χ2n) is 5.43. The van der Waals surface area contributed by atoms with Crippen molar-refractivity contribution >= 4 is 16.6 Å². The minimum Gasteiger partial charge on any atom is -0.494 e. The van der Waals surface area contributed by atoms with Gasteiger partial charge in [-0.15, -0.1) is 0 Å². The summed E-state index contributed by atoms with van der Waals surface area (Å²) >= 11 is 0. The lowest BCUT2D eigenvalue weighted by molar-refractivity contribution is 0.340. The number of H-pyrrole nitrogens is 1. The van der Waals surface area contributed by atoms with Crippen LogP contribution in [0.5, 0.6) is 5.75 Å². The topological polar surface area (TPSA) is 89.3 Å². The SMILES string of the molecule is CCOc1ccc(-c2nn3c(=O)[nH]c4ccccc4c3nc2=O)cc1. The summed E-state index contributed by atoms with van der Waals surface area (Å²) < 4.78 is 6.51. The van der Waals surface area contributed by atoms with Gasteiger partial charge in [-0.2, -0.15) is 14.6 Å². The Morgan fingerprint density at radius 2 is 1.84 bits per heavy atom. The van der Waals surface area contributed by atoms with Gasteiger partial charge in [-0.3, -0.25) is 4.79 Å². The molecule has 0 aliphatic carbocycles. The molecule has 0 bridgehead atoms. The second-order valence-corrected chi connectivity index (χ2v) is 5.43. The van der Waals surface area contributed by atoms with E-state index in [1.807, 2.05) is 13.0 Å². The lowest BCUT2D eigenvalue weighted by atomic mass is 10.1. The van der Waals surface area contributed by atoms with Crippen molar-refractivity contribution in [2.24, 2.45) is 0 Å². The summed E-state index contributed by atoms with van der Waals surface area (Å²) in [6.45, 7) is 2.45. The Labute approximate surface area is 141 Å². The van der Waals surface area contributed by atoms with E-state index in [-0.39, 0.29) is 11.3 Å². The molecule has 0 fully saturated rings. The van der Waals surface area contributed by atoms with Crippen LogP contribution in [-0.2, 0) is 0 Å². The zero-order valence-corrected chi connectivity index (χ0v) is 13.4. The van der Waals surface area contributed by atoms with Crippen LogP contribution in [-0.4, -0.2) is 26.2 Å². The van der Waals surface area contributed by atoms with Crippen molar-refractivity contribution < 1.29 is 4.74 Å². The van der Waals surface area contributed by atoms with Gasteiger partial charge in [0.2, 0.25) is 0 Å². The average Bonchev–Trinajstić information content (AvgIpc) is 2.63. The van der Waals surface area contributed by atoms with E-state index in [1.165, 1.54) is 0 Å². The molecule has 0 saturated heterocycles. The Kier molecular flexibility index (Phi) is 3.53. The first-order valence-electron chi connectivity index (χ1n) is 7.82. The van der Waals surface area contributed by atoms with Crippen LogP contribution in [0.3, 0.4) is 0 Å². The molecule has 7 heteroatoms. The van der Waals surface area contributed by atoms with E-state index in [0.29, 0.717) is 28.8 Å². The molecule has 25 heavy (non-hydrogen) atoms. The zero-order valence-electron chi connectivity index (χ0n) is 13.4. The maximum atomic E-state index is 12.5. The zero-order chi connectivity index (χ0) is 17.4. The fourth-order valence-electron chi connectivity index (χ4n) is 2.71. The van der Waals surface area contributed by atoms with Gasteiger partial charge in [0.05, 0.1) is 12.1 Å². The number of para-hydroxylation sites is 1. The molecule has 0 spiro atoms. The Bertz CT molecular complexity index is 1190. The summed E-state index contributed by atoms with van der Waals surface area (Å²) in [5, 5.41) is 4.88. The Hall–Kier alpha value is -3.48. The van der Waals surface area contributed by atoms with Crippen LogP contribution in [0.1, 0.15) is 6.92 Å². The van der Waals surface area contributed by atoms with E-state index in [1.54, 1.807) is 42.5 Å². The molecule has 0 aliphatic rings. The molecule has 0 atom stereocenters. The maximum absolute atomic E-state index is 12.5. The van der Waals surface area contributed by atoms with Crippen molar-refractivity contribution in [3.63, 3.8) is 0 Å². The number of hydrogen-bond acceptors (Lipinski definition) is 5. The largest absolute Gasteiger partial charge is 0.494 e. The summed E-state index contributed by atoms with van der Waals surface area (Å²) in [6.07, 6.45) is 0. The van der Waals surface area contributed by atoms with E-state index in [0.717, 1.165) is 4.52 Å². The van der Waals surface area contributed by atoms with Crippen LogP contribution >= 0.6 is 0 Å². The fourth-order valence-corrected chi connectivity index (χ4v) is 2.71. The third-order valence-electron chi connectivity index (χ3n) is 3.85. The second kappa shape index (κ2) is 5.86. The van der Waals surface area contributed by atoms with Crippen molar-refractivity contribution in [1.82, 2.24) is 19.6 Å². The maximum Gasteiger partial charge on any atom is 0.348 e. The predicted molar refractivity (Wildman–Crippen MR) is 94.0 cm³/mol. The quantitative estimate of drug-likeness (QED) is 0.579. The van der Waals surface area contributed by atoms with Crippen molar-refractivity contribution in [1.29, 1.82) is 0 Å². The molecule has 2 heterocycles. The highest BCUT2D eigenvalue weighted by Gasteiger charge is 2.12. The van der Waals surface area contributed by atoms with Gasteiger partial charge in [0.1, 0.15) is 5.75 Å². The monoisotopic (exact) mass is 334 g/mol. The number of nitrogens with zero attached hydrogens (tertiary/aromatic N) is 3. The number of benzene rings is 2. The number of aromatic nitrogens is 4. The number of ether oxygens (including phenoxy) is 1. The van der Waals surface area contributed by atoms with Gasteiger partial charge in [0.25, 0.3) is 5.56 Å². The van der Waals surface area contributed by atoms with Crippen molar-refractivity contribution in [3.8, 4) is 17.0 Å². The fraction of sp³-hybridized carbons (Fsp3) is 0.111. The van der Waals surface area contributed by atoms with Crippen molar-refractivity contribution in [3.05, 3.63) is 69.4 Å². The van der Waals surface area contributed by atoms with Crippen LogP contribution < -0.4 is 16.0 Å². The van der Waals surface area contributed by atoms with Crippen LogP contribution in [0.25, 0.3) is 27.8 Å². The summed E-state index contributed by atoms with van der Waals surface area (Å²) in [5.41, 5.74) is 0.589. The lowest BCUT2D eigenvalue weighted by Gasteiger charge is -2.06. The smallest absolute Gasteiger partial charge is 0.348 e. The Morgan fingerprint density at radius 1 is 1.08 bits per heavy atom. The number of hydrogen-bond donors (Lipinski definition) is 1. The standard InChI is InChI=1S/C18H14N4O3/c1-2-25-12-9-7-11(8-10-12)15-17(23)20-16-13-5-3-4-6-14(13)19-18(24)22(16)21-15/h3-10H,2H2,1H3,(H,19,24). The number of aromatic amines is 1. The van der Waals surface area contributed by atoms with Gasteiger partial charge in [0, 0.05) is 10.9 Å². The highest BCUT2D eigenvalue weighted by Crippen LogP contribution is 2.19. The van der Waals surface area contributed by atoms with Crippen LogP contribution in [0, 0.1) is 0 Å². The summed E-state index contributed by atoms with van der Waals surface area (Å²) in [6, 6.07) is 14.1. The molecular formula is C18H14N4O3. The number of nitrogens with one attached hydrogen (secondary N) is 1. The first-order chi connectivity index (χ1) is 12.2. The average molecular weight is 334 g/mol. The molecule has 4 rings (SSSR count). The van der Waals surface area contributed by atoms with Crippen LogP contribution in [0.15, 0.2) is 58.1 Å². The third kappa shape index (κ3) is 2.55. The first kappa shape index (κ1) is 15.1. The molecule has 2 aromatic carbocycles. The van der Waals surface area contributed by atoms with Crippen molar-refractivity contribution in [2.45, 2.75) is 6.92 Å². The number of rotatable bonds is 3. The van der Waals surface area contributed by atoms with Gasteiger partial charge in [-0.25, -0.2) is 4.79 Å². The van der Waals surface area contributed by atoms with E-state index in [4.69, 9.17) is 4.74 Å². The van der Waals surface area contributed by atoms with E-state index >= 15 is 0 Å². The lowest BCUT2D eigenvalue weighted by Crippen LogP contribution is -2.25. The summed E-state index contributed by atoms with van der Waals surface area (Å²) in [7, 11) is 0. The first-order valence-corrected chi connectivity index (χ1v) is 7.82. The van der Waals surface area contributed by atoms with Gasteiger partial charge >= 0.3 is 5.69 Å². The van der Waals surface area contributed by atoms with E-state index in [2.05, 4.69) is 15.1 Å². The minimum atomic E-state index is -0.486.